The van der Waals surface area contributed by atoms with Crippen molar-refractivity contribution in [3.8, 4) is 0 Å². The topological polar surface area (TPSA) is 12.0 Å². The van der Waals surface area contributed by atoms with Crippen LogP contribution in [-0.4, -0.2) is 6.04 Å². The Labute approximate surface area is 76.8 Å². The van der Waals surface area contributed by atoms with E-state index in [1.54, 1.807) is 10.4 Å². The Kier molecular flexibility index (Phi) is 1.52. The molecule has 0 aromatic carbocycles. The van der Waals surface area contributed by atoms with E-state index in [0.29, 0.717) is 6.04 Å². The van der Waals surface area contributed by atoms with Crippen LogP contribution in [0, 0.1) is 0 Å². The van der Waals surface area contributed by atoms with Crippen LogP contribution in [0.5, 0.6) is 0 Å². The number of hydrogen-bond donors (Lipinski definition) is 1. The summed E-state index contributed by atoms with van der Waals surface area (Å²) in [6.45, 7) is 0. The molecule has 0 spiro atoms. The van der Waals surface area contributed by atoms with Crippen molar-refractivity contribution in [2.45, 2.75) is 37.8 Å². The molecule has 64 valence electrons. The molecule has 0 radical (unpaired) electrons. The molecule has 0 bridgehead atoms. The summed E-state index contributed by atoms with van der Waals surface area (Å²) in [6.07, 6.45) is 5.43. The lowest BCUT2D eigenvalue weighted by molar-refractivity contribution is 0.533. The van der Waals surface area contributed by atoms with Crippen LogP contribution in [0.3, 0.4) is 0 Å². The third kappa shape index (κ3) is 1.10. The molecular weight excluding hydrogens is 166 g/mol. The van der Waals surface area contributed by atoms with Crippen molar-refractivity contribution >= 4 is 11.3 Å². The molecule has 1 saturated carbocycles. The average Bonchev–Trinajstić information content (AvgIpc) is 2.63. The fourth-order valence-corrected chi connectivity index (χ4v) is 3.03. The third-order valence-corrected chi connectivity index (χ3v) is 3.89. The predicted octanol–water partition coefficient (Wildman–Crippen LogP) is 2.49. The highest BCUT2D eigenvalue weighted by Crippen LogP contribution is 2.37. The first-order valence-corrected chi connectivity index (χ1v) is 5.64. The van der Waals surface area contributed by atoms with E-state index < -0.39 is 0 Å². The minimum absolute atomic E-state index is 0.701. The Morgan fingerprint density at radius 2 is 2.25 bits per heavy atom. The van der Waals surface area contributed by atoms with Crippen LogP contribution in [0.1, 0.15) is 35.7 Å². The van der Waals surface area contributed by atoms with Crippen LogP contribution in [0.25, 0.3) is 0 Å². The molecule has 3 rings (SSSR count). The first kappa shape index (κ1) is 7.10. The fraction of sp³-hybridized carbons (Fsp3) is 0.600. The number of hydrogen-bond acceptors (Lipinski definition) is 2. The second-order valence-corrected chi connectivity index (χ2v) is 4.79. The minimum atomic E-state index is 0.701. The minimum Gasteiger partial charge on any atom is -0.306 e. The maximum atomic E-state index is 3.71. The van der Waals surface area contributed by atoms with Gasteiger partial charge >= 0.3 is 0 Å². The molecule has 0 saturated heterocycles. The van der Waals surface area contributed by atoms with Gasteiger partial charge in [0, 0.05) is 17.0 Å². The smallest absolute Gasteiger partial charge is 0.0422 e. The van der Waals surface area contributed by atoms with Crippen LogP contribution < -0.4 is 5.32 Å². The molecule has 1 N–H and O–H groups in total. The molecule has 1 nitrogen and oxygen atoms in total. The zero-order valence-corrected chi connectivity index (χ0v) is 7.86. The SMILES string of the molecule is c1cc2c(s1)C(NC1CC1)CC2. The van der Waals surface area contributed by atoms with Crippen LogP contribution in [0.15, 0.2) is 11.4 Å². The Morgan fingerprint density at radius 3 is 3.08 bits per heavy atom. The van der Waals surface area contributed by atoms with E-state index in [9.17, 15) is 0 Å². The largest absolute Gasteiger partial charge is 0.306 e. The van der Waals surface area contributed by atoms with Gasteiger partial charge in [0.25, 0.3) is 0 Å². The molecule has 1 atom stereocenters. The molecule has 1 aromatic heterocycles. The maximum Gasteiger partial charge on any atom is 0.0422 e. The van der Waals surface area contributed by atoms with Crippen molar-refractivity contribution in [3.63, 3.8) is 0 Å². The summed E-state index contributed by atoms with van der Waals surface area (Å²) in [5, 5.41) is 5.93. The fourth-order valence-electron chi connectivity index (χ4n) is 1.98. The van der Waals surface area contributed by atoms with Gasteiger partial charge in [-0.25, -0.2) is 0 Å². The molecule has 1 heterocycles. The Morgan fingerprint density at radius 1 is 1.33 bits per heavy atom. The highest BCUT2D eigenvalue weighted by Gasteiger charge is 2.29. The first-order valence-electron chi connectivity index (χ1n) is 4.76. The summed E-state index contributed by atoms with van der Waals surface area (Å²) in [6, 6.07) is 3.84. The number of rotatable bonds is 2. The van der Waals surface area contributed by atoms with E-state index in [1.807, 2.05) is 11.3 Å². The second-order valence-electron chi connectivity index (χ2n) is 3.84. The van der Waals surface area contributed by atoms with Crippen LogP contribution in [-0.2, 0) is 6.42 Å². The van der Waals surface area contributed by atoms with Gasteiger partial charge < -0.3 is 5.32 Å². The summed E-state index contributed by atoms with van der Waals surface area (Å²) < 4.78 is 0. The van der Waals surface area contributed by atoms with Crippen LogP contribution in [0.4, 0.5) is 0 Å². The van der Waals surface area contributed by atoms with Gasteiger partial charge in [-0.3, -0.25) is 0 Å². The number of thiophene rings is 1. The van der Waals surface area contributed by atoms with Gasteiger partial charge in [-0.15, -0.1) is 11.3 Å². The quantitative estimate of drug-likeness (QED) is 0.735. The van der Waals surface area contributed by atoms with Crippen molar-refractivity contribution in [2.75, 3.05) is 0 Å². The summed E-state index contributed by atoms with van der Waals surface area (Å²) in [5.74, 6) is 0. The van der Waals surface area contributed by atoms with Gasteiger partial charge in [0.15, 0.2) is 0 Å². The summed E-state index contributed by atoms with van der Waals surface area (Å²) >= 11 is 1.93. The van der Waals surface area contributed by atoms with Gasteiger partial charge in [-0.2, -0.15) is 0 Å². The average molecular weight is 179 g/mol. The summed E-state index contributed by atoms with van der Waals surface area (Å²) in [7, 11) is 0. The van der Waals surface area contributed by atoms with E-state index in [4.69, 9.17) is 0 Å². The zero-order valence-electron chi connectivity index (χ0n) is 7.05. The standard InChI is InChI=1S/C10H13NS/c1-4-9(11-8-2-3-8)10-7(1)5-6-12-10/h5-6,8-9,11H,1-4H2. The van der Waals surface area contributed by atoms with E-state index >= 15 is 0 Å². The number of aryl methyl sites for hydroxylation is 1. The molecule has 12 heavy (non-hydrogen) atoms. The molecule has 1 aromatic rings. The van der Waals surface area contributed by atoms with Crippen molar-refractivity contribution in [1.82, 2.24) is 5.32 Å². The summed E-state index contributed by atoms with van der Waals surface area (Å²) in [4.78, 5) is 1.61. The van der Waals surface area contributed by atoms with Crippen LogP contribution >= 0.6 is 11.3 Å². The normalized spacial score (nSPS) is 27.5. The van der Waals surface area contributed by atoms with Crippen molar-refractivity contribution in [2.24, 2.45) is 0 Å². The zero-order chi connectivity index (χ0) is 7.97. The third-order valence-electron chi connectivity index (χ3n) is 2.81. The van der Waals surface area contributed by atoms with Gasteiger partial charge in [-0.1, -0.05) is 0 Å². The highest BCUT2D eigenvalue weighted by atomic mass is 32.1. The Hall–Kier alpha value is -0.340. The van der Waals surface area contributed by atoms with Crippen molar-refractivity contribution < 1.29 is 0 Å². The van der Waals surface area contributed by atoms with Gasteiger partial charge in [0.05, 0.1) is 0 Å². The van der Waals surface area contributed by atoms with E-state index in [2.05, 4.69) is 16.8 Å². The first-order chi connectivity index (χ1) is 5.93. The molecule has 1 unspecified atom stereocenters. The molecular formula is C10H13NS. The van der Waals surface area contributed by atoms with Crippen LogP contribution in [0.2, 0.25) is 0 Å². The lowest BCUT2D eigenvalue weighted by Gasteiger charge is -2.10. The van der Waals surface area contributed by atoms with Gasteiger partial charge in [0.2, 0.25) is 0 Å². The lowest BCUT2D eigenvalue weighted by atomic mass is 10.2. The molecule has 1 fully saturated rings. The second kappa shape index (κ2) is 2.57. The Balaban J connectivity index is 1.80. The van der Waals surface area contributed by atoms with E-state index in [0.717, 1.165) is 6.04 Å². The molecule has 2 heteroatoms. The van der Waals surface area contributed by atoms with E-state index in [-0.39, 0.29) is 0 Å². The van der Waals surface area contributed by atoms with Crippen molar-refractivity contribution in [3.05, 3.63) is 21.9 Å². The van der Waals surface area contributed by atoms with E-state index in [1.165, 1.54) is 25.7 Å². The number of fused-ring (bicyclic) bond motifs is 1. The summed E-state index contributed by atoms with van der Waals surface area (Å²) in [5.41, 5.74) is 1.60. The lowest BCUT2D eigenvalue weighted by Crippen LogP contribution is -2.20. The van der Waals surface area contributed by atoms with Crippen molar-refractivity contribution in [1.29, 1.82) is 0 Å². The Bertz CT molecular complexity index is 288. The highest BCUT2D eigenvalue weighted by molar-refractivity contribution is 7.10. The maximum absolute atomic E-state index is 3.71. The molecule has 2 aliphatic rings. The molecule has 0 amide bonds. The predicted molar refractivity (Wildman–Crippen MR) is 51.5 cm³/mol. The molecule has 2 aliphatic carbocycles. The molecule has 0 aliphatic heterocycles. The monoisotopic (exact) mass is 179 g/mol. The van der Waals surface area contributed by atoms with Gasteiger partial charge in [0.1, 0.15) is 0 Å². The number of nitrogens with one attached hydrogen (secondary N) is 1. The van der Waals surface area contributed by atoms with Gasteiger partial charge in [-0.05, 0) is 42.7 Å².